The summed E-state index contributed by atoms with van der Waals surface area (Å²) in [5.41, 5.74) is 2.81. The number of carbonyl (C=O) groups excluding carboxylic acids is 1. The van der Waals surface area contributed by atoms with E-state index in [0.717, 1.165) is 37.1 Å². The molecule has 188 valence electrons. The molecule has 0 spiro atoms. The van der Waals surface area contributed by atoms with E-state index in [1.54, 1.807) is 0 Å². The fraction of sp³-hybridized carbons (Fsp3) is 0.387. The van der Waals surface area contributed by atoms with Gasteiger partial charge in [-0.3, -0.25) is 4.79 Å². The molecule has 2 aliphatic rings. The lowest BCUT2D eigenvalue weighted by atomic mass is 9.99. The molecule has 2 heterocycles. The van der Waals surface area contributed by atoms with Crippen molar-refractivity contribution in [3.8, 4) is 11.5 Å². The van der Waals surface area contributed by atoms with Crippen LogP contribution in [-0.4, -0.2) is 47.9 Å². The number of likely N-dealkylation sites (tertiary alicyclic amines) is 2. The Bertz CT molecular complexity index is 1110. The molecule has 0 aliphatic carbocycles. The predicted octanol–water partition coefficient (Wildman–Crippen LogP) is 5.94. The van der Waals surface area contributed by atoms with Gasteiger partial charge in [-0.1, -0.05) is 67.1 Å². The summed E-state index contributed by atoms with van der Waals surface area (Å²) in [6, 6.07) is 26.3. The van der Waals surface area contributed by atoms with Gasteiger partial charge < -0.3 is 19.3 Å². The van der Waals surface area contributed by atoms with Gasteiger partial charge in [0.25, 0.3) is 5.91 Å². The maximum atomic E-state index is 13.4. The average Bonchev–Trinajstić information content (AvgIpc) is 2.96. The van der Waals surface area contributed by atoms with Crippen LogP contribution in [0.15, 0.2) is 78.9 Å². The lowest BCUT2D eigenvalue weighted by molar-refractivity contribution is 0.0589. The molecule has 3 aromatic rings. The Morgan fingerprint density at radius 2 is 1.28 bits per heavy atom. The van der Waals surface area contributed by atoms with Crippen LogP contribution < -0.4 is 9.47 Å². The zero-order chi connectivity index (χ0) is 24.6. The van der Waals surface area contributed by atoms with E-state index < -0.39 is 0 Å². The van der Waals surface area contributed by atoms with Crippen molar-refractivity contribution in [3.05, 3.63) is 95.6 Å². The first-order valence-electron chi connectivity index (χ1n) is 13.3. The highest BCUT2D eigenvalue weighted by molar-refractivity contribution is 5.95. The van der Waals surface area contributed by atoms with Crippen molar-refractivity contribution in [1.29, 1.82) is 0 Å². The number of nitrogens with zero attached hydrogens (tertiary/aromatic N) is 2. The van der Waals surface area contributed by atoms with Crippen LogP contribution >= 0.6 is 0 Å². The highest BCUT2D eigenvalue weighted by atomic mass is 16.5. The predicted molar refractivity (Wildman–Crippen MR) is 142 cm³/mol. The molecule has 0 radical (unpaired) electrons. The summed E-state index contributed by atoms with van der Waals surface area (Å²) >= 11 is 0. The Morgan fingerprint density at radius 1 is 0.694 bits per heavy atom. The second-order valence-electron chi connectivity index (χ2n) is 9.83. The summed E-state index contributed by atoms with van der Waals surface area (Å²) in [5, 5.41) is 0. The number of piperidine rings is 2. The number of hydrogen-bond donors (Lipinski definition) is 0. The van der Waals surface area contributed by atoms with E-state index in [2.05, 4.69) is 4.90 Å². The Hall–Kier alpha value is -3.31. The molecular weight excluding hydrogens is 448 g/mol. The minimum atomic E-state index is 0.0752. The largest absolute Gasteiger partial charge is 0.485 e. The standard InChI is InChI=1S/C31H36N2O3/c34-31(33-20-16-28(17-21-33)32-18-8-3-9-19-32)27-14-15-29(35-23-25-10-4-1-5-11-25)30(22-27)36-24-26-12-6-2-7-13-26/h1-2,4-7,10-15,22,28H,3,8-9,16-21,23-24H2. The second-order valence-corrected chi connectivity index (χ2v) is 9.83. The molecule has 0 bridgehead atoms. The summed E-state index contributed by atoms with van der Waals surface area (Å²) in [7, 11) is 0. The van der Waals surface area contributed by atoms with Crippen molar-refractivity contribution in [1.82, 2.24) is 9.80 Å². The minimum Gasteiger partial charge on any atom is -0.485 e. The van der Waals surface area contributed by atoms with Crippen LogP contribution in [0.2, 0.25) is 0 Å². The van der Waals surface area contributed by atoms with E-state index in [1.807, 2.05) is 83.8 Å². The van der Waals surface area contributed by atoms with Gasteiger partial charge >= 0.3 is 0 Å². The molecular formula is C31H36N2O3. The molecule has 3 aromatic carbocycles. The first-order chi connectivity index (χ1) is 17.8. The SMILES string of the molecule is O=C(c1ccc(OCc2ccccc2)c(OCc2ccccc2)c1)N1CCC(N2CCCCC2)CC1. The highest BCUT2D eigenvalue weighted by Gasteiger charge is 2.28. The minimum absolute atomic E-state index is 0.0752. The first kappa shape index (κ1) is 24.4. The topological polar surface area (TPSA) is 42.0 Å². The van der Waals surface area contributed by atoms with Crippen LogP contribution in [0.3, 0.4) is 0 Å². The molecule has 0 atom stereocenters. The van der Waals surface area contributed by atoms with Crippen molar-refractivity contribution in [2.24, 2.45) is 0 Å². The van der Waals surface area contributed by atoms with Gasteiger partial charge in [0.15, 0.2) is 11.5 Å². The number of amides is 1. The summed E-state index contributed by atoms with van der Waals surface area (Å²) in [6.45, 7) is 4.91. The van der Waals surface area contributed by atoms with Crippen molar-refractivity contribution in [2.75, 3.05) is 26.2 Å². The highest BCUT2D eigenvalue weighted by Crippen LogP contribution is 2.31. The number of ether oxygens (including phenoxy) is 2. The maximum absolute atomic E-state index is 13.4. The van der Waals surface area contributed by atoms with Gasteiger partial charge in [0, 0.05) is 24.7 Å². The fourth-order valence-corrected chi connectivity index (χ4v) is 5.24. The quantitative estimate of drug-likeness (QED) is 0.397. The van der Waals surface area contributed by atoms with Gasteiger partial charge in [-0.25, -0.2) is 0 Å². The first-order valence-corrected chi connectivity index (χ1v) is 13.3. The van der Waals surface area contributed by atoms with Gasteiger partial charge in [-0.15, -0.1) is 0 Å². The van der Waals surface area contributed by atoms with Crippen LogP contribution in [-0.2, 0) is 13.2 Å². The van der Waals surface area contributed by atoms with Gasteiger partial charge in [-0.05, 0) is 68.1 Å². The smallest absolute Gasteiger partial charge is 0.253 e. The van der Waals surface area contributed by atoms with E-state index in [0.29, 0.717) is 36.3 Å². The normalized spacial score (nSPS) is 17.1. The molecule has 2 aliphatic heterocycles. The maximum Gasteiger partial charge on any atom is 0.253 e. The van der Waals surface area contributed by atoms with Crippen LogP contribution in [0.1, 0.15) is 53.6 Å². The van der Waals surface area contributed by atoms with Gasteiger partial charge in [0.05, 0.1) is 0 Å². The van der Waals surface area contributed by atoms with E-state index in [4.69, 9.17) is 9.47 Å². The van der Waals surface area contributed by atoms with E-state index in [-0.39, 0.29) is 5.91 Å². The Kier molecular flexibility index (Phi) is 8.19. The third-order valence-corrected chi connectivity index (χ3v) is 7.32. The summed E-state index contributed by atoms with van der Waals surface area (Å²) in [5.74, 6) is 1.32. The zero-order valence-electron chi connectivity index (χ0n) is 21.0. The molecule has 2 fully saturated rings. The Morgan fingerprint density at radius 3 is 1.89 bits per heavy atom. The van der Waals surface area contributed by atoms with Gasteiger partial charge in [-0.2, -0.15) is 0 Å². The molecule has 2 saturated heterocycles. The average molecular weight is 485 g/mol. The van der Waals surface area contributed by atoms with Crippen LogP contribution in [0.5, 0.6) is 11.5 Å². The Balaban J connectivity index is 1.27. The zero-order valence-corrected chi connectivity index (χ0v) is 21.0. The van der Waals surface area contributed by atoms with Gasteiger partial charge in [0.2, 0.25) is 0 Å². The van der Waals surface area contributed by atoms with Crippen molar-refractivity contribution >= 4 is 5.91 Å². The van der Waals surface area contributed by atoms with E-state index in [9.17, 15) is 4.79 Å². The Labute approximate surface area is 214 Å². The van der Waals surface area contributed by atoms with Crippen molar-refractivity contribution in [3.63, 3.8) is 0 Å². The van der Waals surface area contributed by atoms with Crippen LogP contribution in [0.25, 0.3) is 0 Å². The van der Waals surface area contributed by atoms with Crippen molar-refractivity contribution < 1.29 is 14.3 Å². The monoisotopic (exact) mass is 484 g/mol. The molecule has 0 aromatic heterocycles. The molecule has 0 unspecified atom stereocenters. The number of hydrogen-bond acceptors (Lipinski definition) is 4. The van der Waals surface area contributed by atoms with Gasteiger partial charge in [0.1, 0.15) is 13.2 Å². The summed E-state index contributed by atoms with van der Waals surface area (Å²) in [4.78, 5) is 18.1. The number of rotatable bonds is 8. The molecule has 1 amide bonds. The third-order valence-electron chi connectivity index (χ3n) is 7.32. The second kappa shape index (κ2) is 12.1. The van der Waals surface area contributed by atoms with Crippen LogP contribution in [0, 0.1) is 0 Å². The molecule has 5 rings (SSSR count). The third kappa shape index (κ3) is 6.27. The van der Waals surface area contributed by atoms with Crippen LogP contribution in [0.4, 0.5) is 0 Å². The summed E-state index contributed by atoms with van der Waals surface area (Å²) in [6.07, 6.45) is 6.09. The van der Waals surface area contributed by atoms with E-state index in [1.165, 1.54) is 32.4 Å². The lowest BCUT2D eigenvalue weighted by Gasteiger charge is -2.40. The molecule has 0 saturated carbocycles. The number of carbonyl (C=O) groups is 1. The van der Waals surface area contributed by atoms with E-state index >= 15 is 0 Å². The van der Waals surface area contributed by atoms with Crippen molar-refractivity contribution in [2.45, 2.75) is 51.4 Å². The number of benzene rings is 3. The molecule has 36 heavy (non-hydrogen) atoms. The lowest BCUT2D eigenvalue weighted by Crippen LogP contribution is -2.48. The molecule has 5 heteroatoms. The fourth-order valence-electron chi connectivity index (χ4n) is 5.24. The molecule has 0 N–H and O–H groups in total. The summed E-state index contributed by atoms with van der Waals surface area (Å²) < 4.78 is 12.3. The molecule has 5 nitrogen and oxygen atoms in total.